The number of nitrogens with one attached hydrogen (secondary N) is 2. The highest BCUT2D eigenvalue weighted by atomic mass is 16.5. The molecular formula is C18H23N5O3. The molecule has 0 saturated heterocycles. The van der Waals surface area contributed by atoms with Gasteiger partial charge in [-0.1, -0.05) is 6.07 Å². The first-order valence-corrected chi connectivity index (χ1v) is 8.51. The lowest BCUT2D eigenvalue weighted by Gasteiger charge is -2.20. The Morgan fingerprint density at radius 2 is 2.27 bits per heavy atom. The Labute approximate surface area is 151 Å². The fourth-order valence-electron chi connectivity index (χ4n) is 3.03. The van der Waals surface area contributed by atoms with Crippen LogP contribution in [0.15, 0.2) is 24.4 Å². The van der Waals surface area contributed by atoms with Crippen LogP contribution in [0.25, 0.3) is 11.3 Å². The van der Waals surface area contributed by atoms with E-state index in [-0.39, 0.29) is 12.3 Å². The smallest absolute Gasteiger partial charge is 0.411 e. The molecule has 8 heteroatoms. The number of methoxy groups -OCH3 is 1. The van der Waals surface area contributed by atoms with Crippen molar-refractivity contribution in [2.24, 2.45) is 5.73 Å². The maximum absolute atomic E-state index is 12.3. The van der Waals surface area contributed by atoms with E-state index in [0.717, 1.165) is 29.7 Å². The lowest BCUT2D eigenvalue weighted by Crippen LogP contribution is -2.31. The van der Waals surface area contributed by atoms with Crippen molar-refractivity contribution in [1.29, 1.82) is 0 Å². The van der Waals surface area contributed by atoms with Crippen LogP contribution in [0.3, 0.4) is 0 Å². The van der Waals surface area contributed by atoms with Gasteiger partial charge in [0.25, 0.3) is 0 Å². The highest BCUT2D eigenvalue weighted by Gasteiger charge is 2.20. The maximum atomic E-state index is 12.3. The van der Waals surface area contributed by atoms with Gasteiger partial charge in [-0.3, -0.25) is 10.1 Å². The highest BCUT2D eigenvalue weighted by molar-refractivity contribution is 5.85. The Kier molecular flexibility index (Phi) is 5.22. The summed E-state index contributed by atoms with van der Waals surface area (Å²) in [5, 5.41) is 2.68. The van der Waals surface area contributed by atoms with Crippen molar-refractivity contribution in [3.63, 3.8) is 0 Å². The number of ether oxygens (including phenoxy) is 1. The summed E-state index contributed by atoms with van der Waals surface area (Å²) >= 11 is 0. The molecule has 0 unspecified atom stereocenters. The molecule has 0 radical (unpaired) electrons. The van der Waals surface area contributed by atoms with Gasteiger partial charge in [0.2, 0.25) is 5.91 Å². The minimum absolute atomic E-state index is 0.00245. The molecule has 2 heterocycles. The van der Waals surface area contributed by atoms with Gasteiger partial charge in [0, 0.05) is 37.5 Å². The lowest BCUT2D eigenvalue weighted by molar-refractivity contribution is -0.130. The normalized spacial score (nSPS) is 17.7. The zero-order chi connectivity index (χ0) is 18.7. The molecule has 1 aliphatic heterocycles. The van der Waals surface area contributed by atoms with Gasteiger partial charge in [-0.05, 0) is 30.5 Å². The largest absolute Gasteiger partial charge is 0.453 e. The zero-order valence-corrected chi connectivity index (χ0v) is 14.9. The summed E-state index contributed by atoms with van der Waals surface area (Å²) in [6, 6.07) is 5.17. The van der Waals surface area contributed by atoms with Crippen LogP contribution in [0.4, 0.5) is 10.5 Å². The number of aromatic amines is 1. The number of H-pyrrole nitrogens is 1. The Morgan fingerprint density at radius 1 is 1.46 bits per heavy atom. The molecule has 2 bridgehead atoms. The molecule has 0 saturated carbocycles. The third-order valence-corrected chi connectivity index (χ3v) is 4.52. The molecule has 4 N–H and O–H groups in total. The first-order valence-electron chi connectivity index (χ1n) is 8.51. The average molecular weight is 357 g/mol. The van der Waals surface area contributed by atoms with Gasteiger partial charge in [0.15, 0.2) is 0 Å². The van der Waals surface area contributed by atoms with Gasteiger partial charge < -0.3 is 20.4 Å². The minimum atomic E-state index is -0.517. The molecule has 0 fully saturated rings. The summed E-state index contributed by atoms with van der Waals surface area (Å²) in [5.74, 6) is 0.586. The van der Waals surface area contributed by atoms with E-state index in [0.29, 0.717) is 18.1 Å². The fraction of sp³-hybridized carbons (Fsp3) is 0.389. The van der Waals surface area contributed by atoms with E-state index >= 15 is 0 Å². The Bertz CT molecular complexity index is 817. The average Bonchev–Trinajstić information content (AvgIpc) is 3.11. The summed E-state index contributed by atoms with van der Waals surface area (Å²) in [6.45, 7) is 0.638. The molecule has 2 amide bonds. The summed E-state index contributed by atoms with van der Waals surface area (Å²) in [5.41, 5.74) is 9.57. The molecule has 1 aromatic carbocycles. The summed E-state index contributed by atoms with van der Waals surface area (Å²) in [4.78, 5) is 33.1. The van der Waals surface area contributed by atoms with Crippen LogP contribution in [-0.4, -0.2) is 47.6 Å². The molecule has 0 aliphatic carbocycles. The second kappa shape index (κ2) is 7.57. The number of rotatable bonds is 1. The molecule has 8 nitrogen and oxygen atoms in total. The Balaban J connectivity index is 1.98. The number of benzene rings is 1. The van der Waals surface area contributed by atoms with Crippen LogP contribution in [0.1, 0.15) is 30.3 Å². The van der Waals surface area contributed by atoms with E-state index in [1.54, 1.807) is 18.1 Å². The summed E-state index contributed by atoms with van der Waals surface area (Å²) < 4.78 is 4.65. The molecule has 1 aliphatic rings. The monoisotopic (exact) mass is 357 g/mol. The number of fused-ring (bicyclic) bond motifs is 4. The summed E-state index contributed by atoms with van der Waals surface area (Å²) in [7, 11) is 3.11. The third-order valence-electron chi connectivity index (χ3n) is 4.52. The number of aromatic nitrogens is 2. The molecule has 1 aromatic heterocycles. The van der Waals surface area contributed by atoms with Gasteiger partial charge in [0.05, 0.1) is 18.8 Å². The van der Waals surface area contributed by atoms with Crippen LogP contribution < -0.4 is 11.1 Å². The number of hydrogen-bond acceptors (Lipinski definition) is 5. The van der Waals surface area contributed by atoms with E-state index in [2.05, 4.69) is 20.0 Å². The van der Waals surface area contributed by atoms with Gasteiger partial charge in [-0.25, -0.2) is 9.78 Å². The number of aryl methyl sites for hydroxylation is 1. The van der Waals surface area contributed by atoms with Crippen molar-refractivity contribution in [1.82, 2.24) is 14.9 Å². The molecule has 3 rings (SSSR count). The van der Waals surface area contributed by atoms with Crippen molar-refractivity contribution >= 4 is 17.7 Å². The standard InChI is InChI=1S/C18H23N5O3/c1-23-7-3-4-11-8-12(21-18(25)26-2)5-6-13(11)15-10-20-17(22-15)14(19)9-16(23)24/h5-6,8,10,14H,3-4,7,9,19H2,1-2H3,(H,20,22)(H,21,25)/t14-/m0/s1. The van der Waals surface area contributed by atoms with E-state index in [1.807, 2.05) is 18.2 Å². The molecule has 2 aromatic rings. The number of amides is 2. The van der Waals surface area contributed by atoms with Crippen LogP contribution in [-0.2, 0) is 16.0 Å². The van der Waals surface area contributed by atoms with Crippen LogP contribution in [0.2, 0.25) is 0 Å². The second-order valence-corrected chi connectivity index (χ2v) is 6.39. The molecule has 1 atom stereocenters. The SMILES string of the molecule is COC(=O)Nc1ccc2c(c1)CCCN(C)C(=O)C[C@H](N)c1nc-2c[nH]1. The summed E-state index contributed by atoms with van der Waals surface area (Å²) in [6.07, 6.45) is 3.05. The number of imidazole rings is 1. The fourth-order valence-corrected chi connectivity index (χ4v) is 3.03. The van der Waals surface area contributed by atoms with Gasteiger partial charge in [-0.15, -0.1) is 0 Å². The predicted octanol–water partition coefficient (Wildman–Crippen LogP) is 2.05. The number of nitrogens with two attached hydrogens (primary N) is 1. The van der Waals surface area contributed by atoms with Gasteiger partial charge in [-0.2, -0.15) is 0 Å². The van der Waals surface area contributed by atoms with Crippen molar-refractivity contribution in [2.45, 2.75) is 25.3 Å². The topological polar surface area (TPSA) is 113 Å². The van der Waals surface area contributed by atoms with Crippen molar-refractivity contribution in [3.8, 4) is 11.3 Å². The number of nitrogens with zero attached hydrogens (tertiary/aromatic N) is 2. The quantitative estimate of drug-likeness (QED) is 0.723. The van der Waals surface area contributed by atoms with Crippen LogP contribution in [0, 0.1) is 0 Å². The predicted molar refractivity (Wildman–Crippen MR) is 97.6 cm³/mol. The minimum Gasteiger partial charge on any atom is -0.453 e. The zero-order valence-electron chi connectivity index (χ0n) is 14.9. The molecular weight excluding hydrogens is 334 g/mol. The highest BCUT2D eigenvalue weighted by Crippen LogP contribution is 2.28. The number of carbonyl (C=O) groups is 2. The number of carbonyl (C=O) groups excluding carboxylic acids is 2. The Hall–Kier alpha value is -2.87. The third kappa shape index (κ3) is 3.85. The van der Waals surface area contributed by atoms with Crippen molar-refractivity contribution in [3.05, 3.63) is 35.8 Å². The first kappa shape index (κ1) is 17.9. The van der Waals surface area contributed by atoms with E-state index in [1.165, 1.54) is 7.11 Å². The van der Waals surface area contributed by atoms with Crippen molar-refractivity contribution in [2.75, 3.05) is 26.0 Å². The van der Waals surface area contributed by atoms with Crippen molar-refractivity contribution < 1.29 is 14.3 Å². The first-order chi connectivity index (χ1) is 12.5. The number of hydrogen-bond donors (Lipinski definition) is 3. The van der Waals surface area contributed by atoms with Gasteiger partial charge >= 0.3 is 6.09 Å². The van der Waals surface area contributed by atoms with E-state index < -0.39 is 12.1 Å². The van der Waals surface area contributed by atoms with E-state index in [4.69, 9.17) is 5.73 Å². The molecule has 26 heavy (non-hydrogen) atoms. The maximum Gasteiger partial charge on any atom is 0.411 e. The van der Waals surface area contributed by atoms with Crippen LogP contribution >= 0.6 is 0 Å². The second-order valence-electron chi connectivity index (χ2n) is 6.39. The number of anilines is 1. The molecule has 0 spiro atoms. The van der Waals surface area contributed by atoms with Gasteiger partial charge in [0.1, 0.15) is 5.82 Å². The lowest BCUT2D eigenvalue weighted by atomic mass is 9.99. The van der Waals surface area contributed by atoms with Crippen LogP contribution in [0.5, 0.6) is 0 Å². The Morgan fingerprint density at radius 3 is 3.04 bits per heavy atom. The van der Waals surface area contributed by atoms with E-state index in [9.17, 15) is 9.59 Å². The molecule has 138 valence electrons.